The number of rotatable bonds is 3. The van der Waals surface area contributed by atoms with Gasteiger partial charge >= 0.3 is 5.97 Å². The number of ether oxygens (including phenoxy) is 1. The second-order valence-corrected chi connectivity index (χ2v) is 5.24. The average molecular weight is 291 g/mol. The van der Waals surface area contributed by atoms with Gasteiger partial charge in [0.25, 0.3) is 0 Å². The largest absolute Gasteiger partial charge is 0.469 e. The van der Waals surface area contributed by atoms with E-state index in [0.717, 1.165) is 0 Å². The molecule has 0 N–H and O–H groups in total. The summed E-state index contributed by atoms with van der Waals surface area (Å²) in [5.74, 6) is -1.01. The summed E-state index contributed by atoms with van der Waals surface area (Å²) in [5, 5.41) is 0. The molecule has 5 heteroatoms. The van der Waals surface area contributed by atoms with E-state index in [4.69, 9.17) is 4.74 Å². The molecule has 1 aliphatic heterocycles. The summed E-state index contributed by atoms with van der Waals surface area (Å²) >= 11 is 0. The van der Waals surface area contributed by atoms with E-state index in [1.807, 2.05) is 6.92 Å². The maximum Gasteiger partial charge on any atom is 0.310 e. The van der Waals surface area contributed by atoms with Crippen molar-refractivity contribution in [3.8, 4) is 0 Å². The number of methoxy groups -OCH3 is 1. The number of hydrogen-bond acceptors (Lipinski definition) is 3. The van der Waals surface area contributed by atoms with E-state index in [1.165, 1.54) is 25.3 Å². The molecule has 2 atom stereocenters. The van der Waals surface area contributed by atoms with Gasteiger partial charge in [0.1, 0.15) is 5.82 Å². The summed E-state index contributed by atoms with van der Waals surface area (Å²) in [4.78, 5) is 25.3. The molecule has 4 nitrogen and oxygen atoms in total. The average Bonchev–Trinajstić information content (AvgIpc) is 2.86. The number of likely N-dealkylation sites (tertiary alicyclic amines) is 1. The van der Waals surface area contributed by atoms with Crippen LogP contribution in [0.4, 0.5) is 4.39 Å². The Kier molecular flexibility index (Phi) is 4.73. The van der Waals surface area contributed by atoms with E-state index >= 15 is 0 Å². The molecule has 1 saturated heterocycles. The second kappa shape index (κ2) is 6.52. The molecule has 0 bridgehead atoms. The summed E-state index contributed by atoms with van der Waals surface area (Å²) in [7, 11) is 1.35. The normalized spacial score (nSPS) is 21.8. The van der Waals surface area contributed by atoms with Gasteiger partial charge in [0.05, 0.1) is 13.0 Å². The fraction of sp³-hybridized carbons (Fsp3) is 0.375. The Morgan fingerprint density at radius 2 is 2.14 bits per heavy atom. The van der Waals surface area contributed by atoms with Crippen LogP contribution in [0.5, 0.6) is 0 Å². The fourth-order valence-electron chi connectivity index (χ4n) is 2.49. The third kappa shape index (κ3) is 3.68. The fourth-order valence-corrected chi connectivity index (χ4v) is 2.49. The quantitative estimate of drug-likeness (QED) is 0.633. The Labute approximate surface area is 123 Å². The standard InChI is InChI=1S/C16H18FNO3/c1-11-9-18(10-14(11)16(20)21-2)15(19)7-6-12-4-3-5-13(17)8-12/h3-8,11,14H,9-10H2,1-2H3/b7-6+. The summed E-state index contributed by atoms with van der Waals surface area (Å²) in [6, 6.07) is 6.01. The summed E-state index contributed by atoms with van der Waals surface area (Å²) < 4.78 is 17.8. The van der Waals surface area contributed by atoms with Crippen LogP contribution in [0.25, 0.3) is 6.08 Å². The maximum atomic E-state index is 13.0. The Hall–Kier alpha value is -2.17. The highest BCUT2D eigenvalue weighted by Crippen LogP contribution is 2.24. The number of carbonyl (C=O) groups excluding carboxylic acids is 2. The number of hydrogen-bond donors (Lipinski definition) is 0. The van der Waals surface area contributed by atoms with Crippen LogP contribution in [0, 0.1) is 17.7 Å². The molecule has 0 spiro atoms. The first-order valence-electron chi connectivity index (χ1n) is 6.81. The second-order valence-electron chi connectivity index (χ2n) is 5.24. The van der Waals surface area contributed by atoms with E-state index < -0.39 is 0 Å². The maximum absolute atomic E-state index is 13.0. The zero-order valence-electron chi connectivity index (χ0n) is 12.1. The number of carbonyl (C=O) groups is 2. The van der Waals surface area contributed by atoms with Crippen LogP contribution in [0.1, 0.15) is 12.5 Å². The molecule has 0 aliphatic carbocycles. The molecular formula is C16H18FNO3. The minimum atomic E-state index is -0.342. The van der Waals surface area contributed by atoms with E-state index in [2.05, 4.69) is 0 Å². The number of esters is 1. The Morgan fingerprint density at radius 3 is 2.81 bits per heavy atom. The van der Waals surface area contributed by atoms with Crippen LogP contribution in [-0.4, -0.2) is 37.0 Å². The molecule has 2 unspecified atom stereocenters. The SMILES string of the molecule is COC(=O)C1CN(C(=O)/C=C/c2cccc(F)c2)CC1C. The third-order valence-electron chi connectivity index (χ3n) is 3.69. The van der Waals surface area contributed by atoms with Gasteiger partial charge < -0.3 is 9.64 Å². The Bertz CT molecular complexity index is 570. The minimum absolute atomic E-state index is 0.0731. The first-order chi connectivity index (χ1) is 10.0. The predicted octanol–water partition coefficient (Wildman–Crippen LogP) is 2.11. The van der Waals surface area contributed by atoms with Crippen LogP contribution >= 0.6 is 0 Å². The molecule has 2 rings (SSSR count). The van der Waals surface area contributed by atoms with Crippen LogP contribution in [0.15, 0.2) is 30.3 Å². The first kappa shape index (κ1) is 15.2. The van der Waals surface area contributed by atoms with Gasteiger partial charge in [-0.2, -0.15) is 0 Å². The van der Waals surface area contributed by atoms with Crippen molar-refractivity contribution in [2.75, 3.05) is 20.2 Å². The van der Waals surface area contributed by atoms with Crippen molar-refractivity contribution in [2.24, 2.45) is 11.8 Å². The predicted molar refractivity (Wildman–Crippen MR) is 76.7 cm³/mol. The van der Waals surface area contributed by atoms with Gasteiger partial charge in [0.15, 0.2) is 0 Å². The smallest absolute Gasteiger partial charge is 0.310 e. The zero-order valence-corrected chi connectivity index (χ0v) is 12.1. The monoisotopic (exact) mass is 291 g/mol. The molecule has 0 saturated carbocycles. The minimum Gasteiger partial charge on any atom is -0.469 e. The van der Waals surface area contributed by atoms with Gasteiger partial charge in [-0.15, -0.1) is 0 Å². The van der Waals surface area contributed by atoms with Gasteiger partial charge in [0, 0.05) is 19.2 Å². The molecule has 1 aliphatic rings. The first-order valence-corrected chi connectivity index (χ1v) is 6.81. The van der Waals surface area contributed by atoms with E-state index in [1.54, 1.807) is 23.1 Å². The van der Waals surface area contributed by atoms with Crippen LogP contribution in [-0.2, 0) is 14.3 Å². The number of benzene rings is 1. The van der Waals surface area contributed by atoms with Crippen molar-refractivity contribution >= 4 is 18.0 Å². The van der Waals surface area contributed by atoms with Gasteiger partial charge in [0.2, 0.25) is 5.91 Å². The number of nitrogens with zero attached hydrogens (tertiary/aromatic N) is 1. The van der Waals surface area contributed by atoms with Gasteiger partial charge in [-0.25, -0.2) is 4.39 Å². The van der Waals surface area contributed by atoms with Crippen LogP contribution in [0.2, 0.25) is 0 Å². The topological polar surface area (TPSA) is 46.6 Å². The lowest BCUT2D eigenvalue weighted by Crippen LogP contribution is -2.28. The van der Waals surface area contributed by atoms with Gasteiger partial charge in [-0.05, 0) is 29.7 Å². The summed E-state index contributed by atoms with van der Waals surface area (Å²) in [5.41, 5.74) is 0.625. The van der Waals surface area contributed by atoms with Crippen molar-refractivity contribution in [3.63, 3.8) is 0 Å². The van der Waals surface area contributed by atoms with Crippen molar-refractivity contribution in [2.45, 2.75) is 6.92 Å². The molecule has 1 aromatic carbocycles. The third-order valence-corrected chi connectivity index (χ3v) is 3.69. The molecular weight excluding hydrogens is 273 g/mol. The lowest BCUT2D eigenvalue weighted by Gasteiger charge is -2.13. The highest BCUT2D eigenvalue weighted by atomic mass is 19.1. The van der Waals surface area contributed by atoms with Crippen molar-refractivity contribution < 1.29 is 18.7 Å². The van der Waals surface area contributed by atoms with Gasteiger partial charge in [-0.1, -0.05) is 19.1 Å². The molecule has 0 aromatic heterocycles. The molecule has 1 heterocycles. The van der Waals surface area contributed by atoms with Gasteiger partial charge in [-0.3, -0.25) is 9.59 Å². The zero-order chi connectivity index (χ0) is 15.4. The summed E-state index contributed by atoms with van der Waals surface area (Å²) in [6.45, 7) is 2.80. The molecule has 21 heavy (non-hydrogen) atoms. The number of amides is 1. The highest BCUT2D eigenvalue weighted by molar-refractivity contribution is 5.92. The summed E-state index contributed by atoms with van der Waals surface area (Å²) in [6.07, 6.45) is 2.97. The lowest BCUT2D eigenvalue weighted by atomic mass is 9.99. The molecule has 1 aromatic rings. The van der Waals surface area contributed by atoms with Crippen molar-refractivity contribution in [3.05, 3.63) is 41.7 Å². The molecule has 1 amide bonds. The van der Waals surface area contributed by atoms with Crippen molar-refractivity contribution in [1.29, 1.82) is 0 Å². The molecule has 1 fully saturated rings. The van der Waals surface area contributed by atoms with Crippen LogP contribution in [0.3, 0.4) is 0 Å². The molecule has 112 valence electrons. The Balaban J connectivity index is 2.00. The van der Waals surface area contributed by atoms with E-state index in [-0.39, 0.29) is 29.5 Å². The highest BCUT2D eigenvalue weighted by Gasteiger charge is 2.36. The molecule has 0 radical (unpaired) electrons. The van der Waals surface area contributed by atoms with Crippen LogP contribution < -0.4 is 0 Å². The van der Waals surface area contributed by atoms with E-state index in [0.29, 0.717) is 18.7 Å². The van der Waals surface area contributed by atoms with E-state index in [9.17, 15) is 14.0 Å². The Morgan fingerprint density at radius 1 is 1.38 bits per heavy atom. The van der Waals surface area contributed by atoms with Crippen molar-refractivity contribution in [1.82, 2.24) is 4.90 Å². The number of halogens is 1. The lowest BCUT2D eigenvalue weighted by molar-refractivity contribution is -0.146.